The maximum Gasteiger partial charge on any atom is 0.325 e. The molecule has 0 atom stereocenters. The summed E-state index contributed by atoms with van der Waals surface area (Å²) >= 11 is 0. The molecule has 0 amide bonds. The average Bonchev–Trinajstić information content (AvgIpc) is 2.55. The van der Waals surface area contributed by atoms with Crippen LogP contribution in [0.25, 0.3) is 0 Å². The second-order valence-corrected chi connectivity index (χ2v) is 4.96. The number of hydrogen-bond donors (Lipinski definition) is 4. The molecule has 0 bridgehead atoms. The first-order chi connectivity index (χ1) is 12.0. The Morgan fingerprint density at radius 1 is 1.36 bits per heavy atom. The third kappa shape index (κ3) is 5.65. The van der Waals surface area contributed by atoms with Gasteiger partial charge in [0.2, 0.25) is 0 Å². The Kier molecular flexibility index (Phi) is 6.10. The number of nitrogens with one attached hydrogen (secondary N) is 3. The fourth-order valence-corrected chi connectivity index (χ4v) is 2.01. The predicted octanol–water partition coefficient (Wildman–Crippen LogP) is -0.977. The third-order valence-corrected chi connectivity index (χ3v) is 3.05. The number of rotatable bonds is 6. The van der Waals surface area contributed by atoms with Crippen molar-refractivity contribution in [3.63, 3.8) is 0 Å². The number of guanidine groups is 1. The van der Waals surface area contributed by atoms with Crippen LogP contribution in [-0.2, 0) is 16.0 Å². The first kappa shape index (κ1) is 18.0. The molecular weight excluding hydrogens is 326 g/mol. The molecule has 0 aliphatic heterocycles. The lowest BCUT2D eigenvalue weighted by atomic mass is 10.3. The van der Waals surface area contributed by atoms with Crippen molar-refractivity contribution in [3.8, 4) is 5.75 Å². The number of nitrogens with two attached hydrogens (primary N) is 1. The lowest BCUT2D eigenvalue weighted by molar-refractivity contribution is -0.365. The van der Waals surface area contributed by atoms with Crippen LogP contribution < -0.4 is 26.3 Å². The highest BCUT2D eigenvalue weighted by molar-refractivity contribution is 5.88. The number of H-pyrrole nitrogens is 1. The van der Waals surface area contributed by atoms with Crippen molar-refractivity contribution in [1.29, 1.82) is 0 Å². The van der Waals surface area contributed by atoms with E-state index in [9.17, 15) is 9.59 Å². The van der Waals surface area contributed by atoms with Crippen LogP contribution in [0.15, 0.2) is 35.1 Å². The van der Waals surface area contributed by atoms with Gasteiger partial charge in [0.1, 0.15) is 11.4 Å². The third-order valence-electron chi connectivity index (χ3n) is 3.05. The number of esters is 1. The molecule has 0 radical (unpaired) electrons. The quantitative estimate of drug-likeness (QED) is 0.300. The average molecular weight is 346 g/mol. The number of aromatic amines is 1. The monoisotopic (exact) mass is 346 g/mol. The van der Waals surface area contributed by atoms with Crippen molar-refractivity contribution in [2.45, 2.75) is 13.3 Å². The maximum absolute atomic E-state index is 11.7. The van der Waals surface area contributed by atoms with Crippen molar-refractivity contribution in [1.82, 2.24) is 9.97 Å². The van der Waals surface area contributed by atoms with Gasteiger partial charge in [0.25, 0.3) is 11.5 Å². The summed E-state index contributed by atoms with van der Waals surface area (Å²) in [6.07, 6.45) is -0.0990. The van der Waals surface area contributed by atoms with Crippen molar-refractivity contribution in [2.75, 3.05) is 19.0 Å². The Morgan fingerprint density at radius 3 is 2.72 bits per heavy atom. The molecular formula is C16H20N5O4+. The Labute approximate surface area is 143 Å². The Bertz CT molecular complexity index is 814. The summed E-state index contributed by atoms with van der Waals surface area (Å²) in [5.41, 5.74) is 6.46. The molecule has 2 aromatic rings. The van der Waals surface area contributed by atoms with E-state index in [0.717, 1.165) is 11.4 Å². The van der Waals surface area contributed by atoms with Crippen LogP contribution in [-0.4, -0.2) is 35.6 Å². The normalized spacial score (nSPS) is 11.0. The van der Waals surface area contributed by atoms with Gasteiger partial charge < -0.3 is 15.2 Å². The molecule has 0 unspecified atom stereocenters. The van der Waals surface area contributed by atoms with Gasteiger partial charge >= 0.3 is 11.9 Å². The molecule has 9 nitrogen and oxygen atoms in total. The van der Waals surface area contributed by atoms with E-state index in [1.807, 2.05) is 0 Å². The number of nitrogens with zero attached hydrogens (tertiary/aromatic N) is 1. The highest BCUT2D eigenvalue weighted by Gasteiger charge is 2.11. The molecule has 132 valence electrons. The second-order valence-electron chi connectivity index (χ2n) is 4.96. The fourth-order valence-electron chi connectivity index (χ4n) is 2.01. The van der Waals surface area contributed by atoms with Crippen LogP contribution in [0, 0.1) is 0 Å². The molecule has 0 spiro atoms. The van der Waals surface area contributed by atoms with Gasteiger partial charge in [0, 0.05) is 6.07 Å². The fraction of sp³-hybridized carbons (Fsp3) is 0.250. The highest BCUT2D eigenvalue weighted by Crippen LogP contribution is 2.14. The van der Waals surface area contributed by atoms with E-state index in [-0.39, 0.29) is 30.6 Å². The van der Waals surface area contributed by atoms with E-state index in [1.54, 1.807) is 38.3 Å². The number of benzene rings is 1. The summed E-state index contributed by atoms with van der Waals surface area (Å²) < 4.78 is 9.92. The van der Waals surface area contributed by atoms with Crippen LogP contribution >= 0.6 is 0 Å². The molecule has 25 heavy (non-hydrogen) atoms. The number of anilines is 1. The molecule has 5 N–H and O–H groups in total. The maximum atomic E-state index is 11.7. The van der Waals surface area contributed by atoms with Gasteiger partial charge in [-0.3, -0.25) is 14.9 Å². The van der Waals surface area contributed by atoms with E-state index in [0.29, 0.717) is 0 Å². The predicted molar refractivity (Wildman–Crippen MR) is 91.6 cm³/mol. The molecule has 0 aliphatic rings. The van der Waals surface area contributed by atoms with Crippen LogP contribution in [0.4, 0.5) is 11.6 Å². The molecule has 9 heteroatoms. The van der Waals surface area contributed by atoms with Gasteiger partial charge in [-0.1, -0.05) is 0 Å². The minimum atomic E-state index is -0.458. The van der Waals surface area contributed by atoms with E-state index in [4.69, 9.17) is 15.2 Å². The highest BCUT2D eigenvalue weighted by atomic mass is 16.5. The van der Waals surface area contributed by atoms with Crippen molar-refractivity contribution in [3.05, 3.63) is 46.4 Å². The molecule has 2 rings (SSSR count). The SMILES string of the molecule is CCOC(=O)Cc1cc(=O)[nH]c([NH+]=C(N)Nc2ccc(OC)cc2)n1. The smallest absolute Gasteiger partial charge is 0.325 e. The Balaban J connectivity index is 2.13. The van der Waals surface area contributed by atoms with Gasteiger partial charge in [-0.25, -0.2) is 9.98 Å². The van der Waals surface area contributed by atoms with Crippen molar-refractivity contribution in [2.24, 2.45) is 5.73 Å². The molecule has 0 saturated heterocycles. The van der Waals surface area contributed by atoms with E-state index in [2.05, 4.69) is 20.3 Å². The molecule has 1 heterocycles. The minimum absolute atomic E-state index is 0.0990. The summed E-state index contributed by atoms with van der Waals surface area (Å²) in [4.78, 5) is 32.6. The molecule has 0 aliphatic carbocycles. The van der Waals surface area contributed by atoms with E-state index < -0.39 is 11.5 Å². The van der Waals surface area contributed by atoms with Gasteiger partial charge in [-0.05, 0) is 31.2 Å². The largest absolute Gasteiger partial charge is 0.497 e. The van der Waals surface area contributed by atoms with Crippen LogP contribution in [0.1, 0.15) is 12.6 Å². The lowest BCUT2D eigenvalue weighted by Crippen LogP contribution is -2.73. The summed E-state index contributed by atoms with van der Waals surface area (Å²) in [6, 6.07) is 8.34. The first-order valence-electron chi connectivity index (χ1n) is 7.56. The van der Waals surface area contributed by atoms with Crippen molar-refractivity contribution < 1.29 is 19.3 Å². The van der Waals surface area contributed by atoms with Crippen LogP contribution in [0.3, 0.4) is 0 Å². The number of carbonyl (C=O) groups is 1. The van der Waals surface area contributed by atoms with E-state index in [1.165, 1.54) is 6.07 Å². The van der Waals surface area contributed by atoms with Gasteiger partial charge in [0.15, 0.2) is 0 Å². The topological polar surface area (TPSA) is 133 Å². The van der Waals surface area contributed by atoms with Gasteiger partial charge in [-0.2, -0.15) is 0 Å². The van der Waals surface area contributed by atoms with Gasteiger partial charge in [-0.15, -0.1) is 4.98 Å². The van der Waals surface area contributed by atoms with Gasteiger partial charge in [0.05, 0.1) is 25.8 Å². The second kappa shape index (κ2) is 8.48. The number of hydrogen-bond acceptors (Lipinski definition) is 5. The summed E-state index contributed by atoms with van der Waals surface area (Å²) in [7, 11) is 1.58. The zero-order chi connectivity index (χ0) is 18.2. The molecule has 1 aromatic carbocycles. The standard InChI is InChI=1S/C16H19N5O4/c1-3-25-14(23)9-11-8-13(22)20-16(19-11)21-15(17)18-10-4-6-12(24-2)7-5-10/h4-8H,3,9H2,1-2H3,(H4,17,18,19,20,21,22)/p+1. The Hall–Kier alpha value is -3.36. The summed E-state index contributed by atoms with van der Waals surface area (Å²) in [5.74, 6) is 0.529. The lowest BCUT2D eigenvalue weighted by Gasteiger charge is -2.03. The zero-order valence-electron chi connectivity index (χ0n) is 14.0. The summed E-state index contributed by atoms with van der Waals surface area (Å²) in [5, 5.41) is 2.92. The molecule has 0 saturated carbocycles. The first-order valence-corrected chi connectivity index (χ1v) is 7.56. The number of methoxy groups -OCH3 is 1. The number of aromatic nitrogens is 2. The molecule has 1 aromatic heterocycles. The minimum Gasteiger partial charge on any atom is -0.497 e. The summed E-state index contributed by atoms with van der Waals surface area (Å²) in [6.45, 7) is 1.97. The van der Waals surface area contributed by atoms with Crippen LogP contribution in [0.2, 0.25) is 0 Å². The van der Waals surface area contributed by atoms with Crippen LogP contribution in [0.5, 0.6) is 5.75 Å². The number of ether oxygens (including phenoxy) is 2. The van der Waals surface area contributed by atoms with E-state index >= 15 is 0 Å². The molecule has 0 fully saturated rings. The zero-order valence-corrected chi connectivity index (χ0v) is 14.0. The Morgan fingerprint density at radius 2 is 2.08 bits per heavy atom. The van der Waals surface area contributed by atoms with Crippen molar-refractivity contribution >= 4 is 23.6 Å². The number of carbonyl (C=O) groups excluding carboxylic acids is 1.